The van der Waals surface area contributed by atoms with Crippen molar-refractivity contribution in [2.24, 2.45) is 5.92 Å². The van der Waals surface area contributed by atoms with Crippen LogP contribution in [0, 0.1) is 5.92 Å². The van der Waals surface area contributed by atoms with Crippen LogP contribution < -0.4 is 10.1 Å². The molecule has 3 rings (SSSR count). The van der Waals surface area contributed by atoms with E-state index >= 15 is 0 Å². The first-order valence-electron chi connectivity index (χ1n) is 10.0. The maximum absolute atomic E-state index is 12.4. The zero-order valence-electron chi connectivity index (χ0n) is 16.6. The predicted octanol–water partition coefficient (Wildman–Crippen LogP) is 3.88. The highest BCUT2D eigenvalue weighted by atomic mass is 16.5. The summed E-state index contributed by atoms with van der Waals surface area (Å²) in [6.45, 7) is 3.67. The summed E-state index contributed by atoms with van der Waals surface area (Å²) in [5, 5.41) is 3.03. The fraction of sp³-hybridized carbons (Fsp3) is 0.435. The average Bonchev–Trinajstić information content (AvgIpc) is 2.75. The van der Waals surface area contributed by atoms with Crippen LogP contribution >= 0.6 is 0 Å². The minimum absolute atomic E-state index is 0.0390. The second-order valence-corrected chi connectivity index (χ2v) is 7.26. The van der Waals surface area contributed by atoms with Gasteiger partial charge in [0.05, 0.1) is 13.7 Å². The highest BCUT2D eigenvalue weighted by Gasteiger charge is 2.22. The van der Waals surface area contributed by atoms with Crippen molar-refractivity contribution in [2.75, 3.05) is 33.4 Å². The van der Waals surface area contributed by atoms with Crippen LogP contribution in [0.5, 0.6) is 5.75 Å². The molecule has 2 aromatic rings. The van der Waals surface area contributed by atoms with Crippen LogP contribution in [0.1, 0.15) is 24.0 Å². The number of methoxy groups -OCH3 is 1. The Labute approximate surface area is 167 Å². The van der Waals surface area contributed by atoms with Crippen molar-refractivity contribution in [2.45, 2.75) is 25.9 Å². The Morgan fingerprint density at radius 1 is 1.04 bits per heavy atom. The number of hydrogen-bond acceptors (Lipinski definition) is 3. The van der Waals surface area contributed by atoms with Gasteiger partial charge in [-0.2, -0.15) is 0 Å². The van der Waals surface area contributed by atoms with Crippen LogP contribution in [-0.2, 0) is 17.8 Å². The number of amides is 2. The minimum atomic E-state index is 0.0390. The number of piperidine rings is 1. The molecular weight excluding hydrogens is 352 g/mol. The molecule has 2 aromatic carbocycles. The number of carbonyl (C=O) groups is 1. The van der Waals surface area contributed by atoms with E-state index in [1.165, 1.54) is 11.1 Å². The molecule has 0 radical (unpaired) electrons. The number of carbonyl (C=O) groups excluding carboxylic acids is 1. The summed E-state index contributed by atoms with van der Waals surface area (Å²) in [6, 6.07) is 18.2. The van der Waals surface area contributed by atoms with Crippen LogP contribution in [0.25, 0.3) is 0 Å². The molecule has 5 nitrogen and oxygen atoms in total. The van der Waals surface area contributed by atoms with Gasteiger partial charge in [-0.15, -0.1) is 0 Å². The van der Waals surface area contributed by atoms with Gasteiger partial charge in [-0.1, -0.05) is 42.5 Å². The van der Waals surface area contributed by atoms with E-state index in [9.17, 15) is 4.79 Å². The van der Waals surface area contributed by atoms with Crippen molar-refractivity contribution >= 4 is 6.03 Å². The Morgan fingerprint density at radius 3 is 2.43 bits per heavy atom. The third kappa shape index (κ3) is 6.27. The SMILES string of the molecule is COc1ccc(CCNC(=O)N2CCC(COCc3ccccc3)CC2)cc1. The van der Waals surface area contributed by atoms with Crippen molar-refractivity contribution in [3.8, 4) is 5.75 Å². The molecule has 1 saturated heterocycles. The Morgan fingerprint density at radius 2 is 1.75 bits per heavy atom. The number of nitrogens with one attached hydrogen (secondary N) is 1. The molecule has 28 heavy (non-hydrogen) atoms. The number of hydrogen-bond donors (Lipinski definition) is 1. The van der Waals surface area contributed by atoms with Crippen LogP contribution in [0.3, 0.4) is 0 Å². The van der Waals surface area contributed by atoms with Gasteiger partial charge in [0.2, 0.25) is 0 Å². The molecule has 1 heterocycles. The summed E-state index contributed by atoms with van der Waals surface area (Å²) in [5.74, 6) is 1.38. The molecular formula is C23H30N2O3. The van der Waals surface area contributed by atoms with E-state index < -0.39 is 0 Å². The van der Waals surface area contributed by atoms with E-state index in [1.807, 2.05) is 47.4 Å². The third-order valence-electron chi connectivity index (χ3n) is 5.22. The number of nitrogens with zero attached hydrogens (tertiary/aromatic N) is 1. The minimum Gasteiger partial charge on any atom is -0.497 e. The van der Waals surface area contributed by atoms with Gasteiger partial charge in [-0.25, -0.2) is 4.79 Å². The molecule has 0 saturated carbocycles. The normalized spacial score (nSPS) is 14.7. The van der Waals surface area contributed by atoms with E-state index in [-0.39, 0.29) is 6.03 Å². The first kappa shape index (κ1) is 20.2. The summed E-state index contributed by atoms with van der Waals surface area (Å²) in [5.41, 5.74) is 2.39. The standard InChI is InChI=1S/C23H30N2O3/c1-27-22-9-7-19(8-10-22)11-14-24-23(26)25-15-12-21(13-16-25)18-28-17-20-5-3-2-4-6-20/h2-10,21H,11-18H2,1H3,(H,24,26). The summed E-state index contributed by atoms with van der Waals surface area (Å²) < 4.78 is 11.0. The molecule has 1 aliphatic rings. The van der Waals surface area contributed by atoms with Gasteiger partial charge in [0.1, 0.15) is 5.75 Å². The number of rotatable bonds is 8. The van der Waals surface area contributed by atoms with Crippen LogP contribution in [-0.4, -0.2) is 44.3 Å². The molecule has 0 spiro atoms. The molecule has 0 unspecified atom stereocenters. The average molecular weight is 383 g/mol. The number of benzene rings is 2. The fourth-order valence-electron chi connectivity index (χ4n) is 3.44. The van der Waals surface area contributed by atoms with E-state index in [0.717, 1.165) is 44.7 Å². The van der Waals surface area contributed by atoms with Crippen LogP contribution in [0.2, 0.25) is 0 Å². The lowest BCUT2D eigenvalue weighted by atomic mass is 9.98. The number of ether oxygens (including phenoxy) is 2. The summed E-state index contributed by atoms with van der Waals surface area (Å²) in [7, 11) is 1.66. The van der Waals surface area contributed by atoms with E-state index in [0.29, 0.717) is 19.1 Å². The first-order valence-corrected chi connectivity index (χ1v) is 10.0. The lowest BCUT2D eigenvalue weighted by Gasteiger charge is -2.32. The van der Waals surface area contributed by atoms with Crippen molar-refractivity contribution in [3.63, 3.8) is 0 Å². The maximum atomic E-state index is 12.4. The van der Waals surface area contributed by atoms with E-state index in [2.05, 4.69) is 17.4 Å². The monoisotopic (exact) mass is 382 g/mol. The second-order valence-electron chi connectivity index (χ2n) is 7.26. The second kappa shape index (κ2) is 10.7. The van der Waals surface area contributed by atoms with E-state index in [4.69, 9.17) is 9.47 Å². The summed E-state index contributed by atoms with van der Waals surface area (Å²) >= 11 is 0. The van der Waals surface area contributed by atoms with Crippen molar-refractivity contribution < 1.29 is 14.3 Å². The van der Waals surface area contributed by atoms with Gasteiger partial charge in [-0.3, -0.25) is 0 Å². The number of likely N-dealkylation sites (tertiary alicyclic amines) is 1. The molecule has 0 atom stereocenters. The van der Waals surface area contributed by atoms with Gasteiger partial charge < -0.3 is 19.7 Å². The zero-order valence-corrected chi connectivity index (χ0v) is 16.6. The smallest absolute Gasteiger partial charge is 0.317 e. The molecule has 1 N–H and O–H groups in total. The number of urea groups is 1. The quantitative estimate of drug-likeness (QED) is 0.754. The van der Waals surface area contributed by atoms with Crippen molar-refractivity contribution in [1.82, 2.24) is 10.2 Å². The van der Waals surface area contributed by atoms with Gasteiger partial charge in [0, 0.05) is 26.2 Å². The third-order valence-corrected chi connectivity index (χ3v) is 5.22. The van der Waals surface area contributed by atoms with Crippen LogP contribution in [0.4, 0.5) is 4.79 Å². The lowest BCUT2D eigenvalue weighted by Crippen LogP contribution is -2.45. The molecule has 0 aliphatic carbocycles. The molecule has 0 bridgehead atoms. The highest BCUT2D eigenvalue weighted by Crippen LogP contribution is 2.18. The largest absolute Gasteiger partial charge is 0.497 e. The highest BCUT2D eigenvalue weighted by molar-refractivity contribution is 5.74. The zero-order chi connectivity index (χ0) is 19.6. The molecule has 2 amide bonds. The summed E-state index contributed by atoms with van der Waals surface area (Å²) in [6.07, 6.45) is 2.82. The van der Waals surface area contributed by atoms with Crippen LogP contribution in [0.15, 0.2) is 54.6 Å². The Kier molecular flexibility index (Phi) is 7.73. The molecule has 1 aliphatic heterocycles. The Bertz CT molecular complexity index is 710. The van der Waals surface area contributed by atoms with Gasteiger partial charge in [-0.05, 0) is 48.4 Å². The topological polar surface area (TPSA) is 50.8 Å². The van der Waals surface area contributed by atoms with Gasteiger partial charge in [0.25, 0.3) is 0 Å². The maximum Gasteiger partial charge on any atom is 0.317 e. The van der Waals surface area contributed by atoms with Gasteiger partial charge >= 0.3 is 6.03 Å². The summed E-state index contributed by atoms with van der Waals surface area (Å²) in [4.78, 5) is 14.3. The van der Waals surface area contributed by atoms with Gasteiger partial charge in [0.15, 0.2) is 0 Å². The molecule has 0 aromatic heterocycles. The fourth-order valence-corrected chi connectivity index (χ4v) is 3.44. The van der Waals surface area contributed by atoms with E-state index in [1.54, 1.807) is 7.11 Å². The Hall–Kier alpha value is -2.53. The molecule has 1 fully saturated rings. The Balaban J connectivity index is 1.30. The van der Waals surface area contributed by atoms with Crippen molar-refractivity contribution in [1.29, 1.82) is 0 Å². The molecule has 150 valence electrons. The lowest BCUT2D eigenvalue weighted by molar-refractivity contribution is 0.0630. The van der Waals surface area contributed by atoms with Crippen molar-refractivity contribution in [3.05, 3.63) is 65.7 Å². The molecule has 5 heteroatoms. The first-order chi connectivity index (χ1) is 13.7. The predicted molar refractivity (Wildman–Crippen MR) is 110 cm³/mol.